The molecule has 2 aliphatic rings. The Kier molecular flexibility index (Phi) is 6.75. The molecule has 1 aliphatic heterocycles. The lowest BCUT2D eigenvalue weighted by molar-refractivity contribution is 0.0547. The standard InChI is InChI=1S/C30H38N4O3/c1-30(2,3)37-29(36)34-25-12-11-23(32-22-9-7-6-8-10-22)15-20(25)16-26(34)24-14-19(18-33(4)5)13-21-17-31-28(35)27(21)24/h11-16,22,32H,6-10,17-18H2,1-5H3,(H,31,35). The highest BCUT2D eigenvalue weighted by molar-refractivity contribution is 6.07. The van der Waals surface area contributed by atoms with Crippen molar-refractivity contribution in [3.05, 3.63) is 53.1 Å². The van der Waals surface area contributed by atoms with Crippen LogP contribution < -0.4 is 10.6 Å². The summed E-state index contributed by atoms with van der Waals surface area (Å²) >= 11 is 0. The van der Waals surface area contributed by atoms with Gasteiger partial charge in [-0.3, -0.25) is 4.79 Å². The fraction of sp³-hybridized carbons (Fsp3) is 0.467. The first-order chi connectivity index (χ1) is 17.6. The van der Waals surface area contributed by atoms with E-state index in [1.165, 1.54) is 32.1 Å². The van der Waals surface area contributed by atoms with Crippen LogP contribution in [0.15, 0.2) is 36.4 Å². The molecule has 0 saturated heterocycles. The van der Waals surface area contributed by atoms with E-state index < -0.39 is 11.7 Å². The van der Waals surface area contributed by atoms with Gasteiger partial charge >= 0.3 is 6.09 Å². The molecular formula is C30H38N4O3. The van der Waals surface area contributed by atoms with Crippen molar-refractivity contribution in [3.63, 3.8) is 0 Å². The summed E-state index contributed by atoms with van der Waals surface area (Å²) in [4.78, 5) is 28.6. The molecule has 5 rings (SSSR count). The van der Waals surface area contributed by atoms with E-state index in [1.54, 1.807) is 4.57 Å². The van der Waals surface area contributed by atoms with Crippen molar-refractivity contribution in [1.29, 1.82) is 0 Å². The number of amides is 1. The molecule has 196 valence electrons. The smallest absolute Gasteiger partial charge is 0.419 e. The van der Waals surface area contributed by atoms with Crippen molar-refractivity contribution >= 4 is 28.6 Å². The van der Waals surface area contributed by atoms with Crippen molar-refractivity contribution < 1.29 is 14.3 Å². The van der Waals surface area contributed by atoms with Crippen LogP contribution in [0.2, 0.25) is 0 Å². The number of aromatic nitrogens is 1. The maximum Gasteiger partial charge on any atom is 0.419 e. The number of hydrogen-bond donors (Lipinski definition) is 2. The molecule has 0 radical (unpaired) electrons. The van der Waals surface area contributed by atoms with Crippen LogP contribution in [-0.4, -0.2) is 47.2 Å². The highest BCUT2D eigenvalue weighted by Crippen LogP contribution is 2.37. The number of hydrogen-bond acceptors (Lipinski definition) is 5. The van der Waals surface area contributed by atoms with Gasteiger partial charge in [-0.05, 0) is 89.2 Å². The normalized spacial score (nSPS) is 16.2. The molecule has 1 saturated carbocycles. The molecule has 1 fully saturated rings. The summed E-state index contributed by atoms with van der Waals surface area (Å²) in [6.07, 6.45) is 5.75. The molecule has 37 heavy (non-hydrogen) atoms. The third-order valence-electron chi connectivity index (χ3n) is 7.07. The van der Waals surface area contributed by atoms with E-state index >= 15 is 0 Å². The van der Waals surface area contributed by atoms with E-state index in [-0.39, 0.29) is 5.91 Å². The Hall–Kier alpha value is -3.32. The van der Waals surface area contributed by atoms with Crippen LogP contribution in [0.3, 0.4) is 0 Å². The maximum absolute atomic E-state index is 13.6. The van der Waals surface area contributed by atoms with E-state index in [2.05, 4.69) is 27.7 Å². The number of ether oxygens (including phenoxy) is 1. The molecule has 2 aromatic carbocycles. The number of carbonyl (C=O) groups is 2. The van der Waals surface area contributed by atoms with Gasteiger partial charge in [-0.2, -0.15) is 0 Å². The summed E-state index contributed by atoms with van der Waals surface area (Å²) in [7, 11) is 4.05. The van der Waals surface area contributed by atoms with E-state index in [4.69, 9.17) is 4.74 Å². The zero-order chi connectivity index (χ0) is 26.3. The zero-order valence-corrected chi connectivity index (χ0v) is 22.6. The second-order valence-electron chi connectivity index (χ2n) is 11.7. The van der Waals surface area contributed by atoms with Gasteiger partial charge in [0.2, 0.25) is 0 Å². The predicted molar refractivity (Wildman–Crippen MR) is 148 cm³/mol. The van der Waals surface area contributed by atoms with Crippen molar-refractivity contribution in [2.24, 2.45) is 0 Å². The Morgan fingerprint density at radius 2 is 1.86 bits per heavy atom. The van der Waals surface area contributed by atoms with Crippen LogP contribution in [0.25, 0.3) is 22.2 Å². The fourth-order valence-corrected chi connectivity index (χ4v) is 5.59. The van der Waals surface area contributed by atoms with Crippen molar-refractivity contribution in [2.45, 2.75) is 77.6 Å². The summed E-state index contributed by atoms with van der Waals surface area (Å²) in [6, 6.07) is 12.8. The Balaban J connectivity index is 1.66. The summed E-state index contributed by atoms with van der Waals surface area (Å²) in [5.74, 6) is -0.109. The van der Waals surface area contributed by atoms with Gasteiger partial charge < -0.3 is 20.3 Å². The van der Waals surface area contributed by atoms with Crippen LogP contribution in [0.4, 0.5) is 10.5 Å². The predicted octanol–water partition coefficient (Wildman–Crippen LogP) is 6.14. The third-order valence-corrected chi connectivity index (χ3v) is 7.07. The van der Waals surface area contributed by atoms with Gasteiger partial charge in [0.05, 0.1) is 16.8 Å². The van der Waals surface area contributed by atoms with E-state index in [0.29, 0.717) is 23.8 Å². The molecule has 1 aliphatic carbocycles. The average Bonchev–Trinajstić information content (AvgIpc) is 3.38. The number of rotatable bonds is 5. The number of nitrogens with zero attached hydrogens (tertiary/aromatic N) is 2. The van der Waals surface area contributed by atoms with E-state index in [1.807, 2.05) is 59.1 Å². The molecule has 2 N–H and O–H groups in total. The van der Waals surface area contributed by atoms with Gasteiger partial charge in [0.15, 0.2) is 0 Å². The molecule has 7 heteroatoms. The SMILES string of the molecule is CN(C)Cc1cc2c(c(-c3cc4cc(NC5CCCCC5)ccc4n3C(=O)OC(C)(C)C)c1)C(=O)NC2. The number of fused-ring (bicyclic) bond motifs is 2. The van der Waals surface area contributed by atoms with Crippen molar-refractivity contribution in [3.8, 4) is 11.3 Å². The molecular weight excluding hydrogens is 464 g/mol. The summed E-state index contributed by atoms with van der Waals surface area (Å²) < 4.78 is 7.48. The summed E-state index contributed by atoms with van der Waals surface area (Å²) in [5.41, 5.74) is 5.28. The monoisotopic (exact) mass is 502 g/mol. The van der Waals surface area contributed by atoms with Crippen LogP contribution >= 0.6 is 0 Å². The van der Waals surface area contributed by atoms with Crippen LogP contribution in [0.5, 0.6) is 0 Å². The molecule has 3 aromatic rings. The first-order valence-corrected chi connectivity index (χ1v) is 13.3. The van der Waals surface area contributed by atoms with Gasteiger partial charge in [-0.1, -0.05) is 25.3 Å². The minimum absolute atomic E-state index is 0.109. The zero-order valence-electron chi connectivity index (χ0n) is 22.6. The van der Waals surface area contributed by atoms with Crippen LogP contribution in [0, 0.1) is 0 Å². The van der Waals surface area contributed by atoms with Gasteiger partial charge in [-0.25, -0.2) is 9.36 Å². The number of benzene rings is 2. The van der Waals surface area contributed by atoms with E-state index in [0.717, 1.165) is 39.8 Å². The molecule has 0 unspecified atom stereocenters. The number of nitrogens with one attached hydrogen (secondary N) is 2. The van der Waals surface area contributed by atoms with Gasteiger partial charge in [0.1, 0.15) is 5.60 Å². The number of carbonyl (C=O) groups excluding carboxylic acids is 2. The minimum Gasteiger partial charge on any atom is -0.443 e. The minimum atomic E-state index is -0.653. The lowest BCUT2D eigenvalue weighted by Crippen LogP contribution is -2.27. The van der Waals surface area contributed by atoms with Crippen molar-refractivity contribution in [2.75, 3.05) is 19.4 Å². The lowest BCUT2D eigenvalue weighted by Gasteiger charge is -2.24. The van der Waals surface area contributed by atoms with Gasteiger partial charge in [0, 0.05) is 35.8 Å². The molecule has 2 heterocycles. The van der Waals surface area contributed by atoms with Crippen LogP contribution in [-0.2, 0) is 17.8 Å². The summed E-state index contributed by atoms with van der Waals surface area (Å²) in [5, 5.41) is 7.59. The van der Waals surface area contributed by atoms with Crippen molar-refractivity contribution in [1.82, 2.24) is 14.8 Å². The Bertz CT molecular complexity index is 1340. The molecule has 0 atom stereocenters. The molecule has 7 nitrogen and oxygen atoms in total. The molecule has 1 amide bonds. The largest absolute Gasteiger partial charge is 0.443 e. The molecule has 0 bridgehead atoms. The maximum atomic E-state index is 13.6. The topological polar surface area (TPSA) is 75.6 Å². The third kappa shape index (κ3) is 5.37. The Labute approximate surface area is 219 Å². The quantitative estimate of drug-likeness (QED) is 0.438. The highest BCUT2D eigenvalue weighted by atomic mass is 16.6. The highest BCUT2D eigenvalue weighted by Gasteiger charge is 2.29. The Morgan fingerprint density at radius 1 is 1.11 bits per heavy atom. The van der Waals surface area contributed by atoms with E-state index in [9.17, 15) is 9.59 Å². The van der Waals surface area contributed by atoms with Gasteiger partial charge in [-0.15, -0.1) is 0 Å². The molecule has 1 aromatic heterocycles. The Morgan fingerprint density at radius 3 is 2.57 bits per heavy atom. The van der Waals surface area contributed by atoms with Gasteiger partial charge in [0.25, 0.3) is 5.91 Å². The fourth-order valence-electron chi connectivity index (χ4n) is 5.59. The number of anilines is 1. The average molecular weight is 503 g/mol. The first kappa shape index (κ1) is 25.3. The second kappa shape index (κ2) is 9.86. The first-order valence-electron chi connectivity index (χ1n) is 13.3. The van der Waals surface area contributed by atoms with Crippen LogP contribution in [0.1, 0.15) is 74.4 Å². The lowest BCUT2D eigenvalue weighted by atomic mass is 9.95. The molecule has 0 spiro atoms. The second-order valence-corrected chi connectivity index (χ2v) is 11.7. The summed E-state index contributed by atoms with van der Waals surface area (Å²) in [6.45, 7) is 6.82.